The van der Waals surface area contributed by atoms with Gasteiger partial charge >= 0.3 is 0 Å². The molecule has 0 spiro atoms. The molecule has 0 saturated heterocycles. The molecule has 4 rings (SSSR count). The van der Waals surface area contributed by atoms with Gasteiger partial charge in [0.1, 0.15) is 5.76 Å². The third-order valence-electron chi connectivity index (χ3n) is 4.59. The molecule has 0 radical (unpaired) electrons. The number of anilines is 1. The third-order valence-corrected chi connectivity index (χ3v) is 4.59. The molecule has 3 aromatic rings. The molecular formula is C18H21N3O. The average Bonchev–Trinajstić information content (AvgIpc) is 3.23. The lowest BCUT2D eigenvalue weighted by molar-refractivity contribution is 0.359. The van der Waals surface area contributed by atoms with Crippen molar-refractivity contribution in [3.63, 3.8) is 0 Å². The largest absolute Gasteiger partial charge is 0.467 e. The first kappa shape index (κ1) is 13.4. The summed E-state index contributed by atoms with van der Waals surface area (Å²) in [5.74, 6) is 0.938. The van der Waals surface area contributed by atoms with Crippen molar-refractivity contribution in [2.45, 2.75) is 44.7 Å². The maximum Gasteiger partial charge on any atom is 0.122 e. The van der Waals surface area contributed by atoms with Gasteiger partial charge in [0.25, 0.3) is 0 Å². The van der Waals surface area contributed by atoms with Crippen molar-refractivity contribution >= 4 is 16.7 Å². The van der Waals surface area contributed by atoms with E-state index in [1.807, 2.05) is 18.5 Å². The van der Waals surface area contributed by atoms with E-state index in [0.717, 1.165) is 17.0 Å². The van der Waals surface area contributed by atoms with E-state index in [9.17, 15) is 0 Å². The van der Waals surface area contributed by atoms with Crippen molar-refractivity contribution in [1.82, 2.24) is 9.55 Å². The van der Waals surface area contributed by atoms with Gasteiger partial charge in [0.2, 0.25) is 0 Å². The molecule has 2 aromatic heterocycles. The van der Waals surface area contributed by atoms with Crippen LogP contribution in [0.2, 0.25) is 0 Å². The molecule has 1 saturated carbocycles. The number of benzene rings is 1. The number of imidazole rings is 1. The quantitative estimate of drug-likeness (QED) is 0.755. The Morgan fingerprint density at radius 2 is 2.09 bits per heavy atom. The number of nitrogens with one attached hydrogen (secondary N) is 1. The number of rotatable bonds is 4. The van der Waals surface area contributed by atoms with Crippen LogP contribution in [0.1, 0.15) is 43.9 Å². The summed E-state index contributed by atoms with van der Waals surface area (Å²) in [5.41, 5.74) is 3.39. The van der Waals surface area contributed by atoms with Crippen LogP contribution in [0, 0.1) is 0 Å². The second-order valence-corrected chi connectivity index (χ2v) is 6.08. The van der Waals surface area contributed by atoms with Crippen LogP contribution in [0.3, 0.4) is 0 Å². The molecule has 0 bridgehead atoms. The minimum atomic E-state index is 0.626. The highest BCUT2D eigenvalue weighted by Crippen LogP contribution is 2.31. The van der Waals surface area contributed by atoms with Gasteiger partial charge in [-0.3, -0.25) is 0 Å². The van der Waals surface area contributed by atoms with Gasteiger partial charge in [0, 0.05) is 11.7 Å². The van der Waals surface area contributed by atoms with Crippen LogP contribution in [0.4, 0.5) is 5.69 Å². The molecule has 1 aliphatic rings. The van der Waals surface area contributed by atoms with E-state index in [1.54, 1.807) is 6.26 Å². The third kappa shape index (κ3) is 2.61. The number of furan rings is 1. The lowest BCUT2D eigenvalue weighted by Gasteiger charge is -2.23. The first-order valence-electron chi connectivity index (χ1n) is 8.13. The fraction of sp³-hybridized carbons (Fsp3) is 0.389. The van der Waals surface area contributed by atoms with E-state index in [4.69, 9.17) is 4.42 Å². The summed E-state index contributed by atoms with van der Waals surface area (Å²) in [6.07, 6.45) is 10.3. The van der Waals surface area contributed by atoms with Crippen LogP contribution in [0.25, 0.3) is 11.0 Å². The summed E-state index contributed by atoms with van der Waals surface area (Å²) in [6, 6.07) is 10.9. The minimum absolute atomic E-state index is 0.626. The second-order valence-electron chi connectivity index (χ2n) is 6.08. The van der Waals surface area contributed by atoms with Crippen LogP contribution >= 0.6 is 0 Å². The Hall–Kier alpha value is -2.23. The lowest BCUT2D eigenvalue weighted by Crippen LogP contribution is -2.11. The number of nitrogens with zero attached hydrogens (tertiary/aromatic N) is 2. The van der Waals surface area contributed by atoms with E-state index < -0.39 is 0 Å². The topological polar surface area (TPSA) is 43.0 Å². The van der Waals surface area contributed by atoms with Crippen molar-refractivity contribution in [2.75, 3.05) is 5.32 Å². The fourth-order valence-corrected chi connectivity index (χ4v) is 3.39. The van der Waals surface area contributed by atoms with Gasteiger partial charge in [-0.2, -0.15) is 0 Å². The normalized spacial score (nSPS) is 16.2. The van der Waals surface area contributed by atoms with Gasteiger partial charge in [0.05, 0.1) is 30.2 Å². The monoisotopic (exact) mass is 295 g/mol. The molecule has 1 aromatic carbocycles. The first-order valence-corrected chi connectivity index (χ1v) is 8.13. The van der Waals surface area contributed by atoms with Gasteiger partial charge in [-0.15, -0.1) is 0 Å². The highest BCUT2D eigenvalue weighted by molar-refractivity contribution is 5.79. The molecule has 0 atom stereocenters. The summed E-state index contributed by atoms with van der Waals surface area (Å²) >= 11 is 0. The molecule has 22 heavy (non-hydrogen) atoms. The predicted molar refractivity (Wildman–Crippen MR) is 87.9 cm³/mol. The lowest BCUT2D eigenvalue weighted by atomic mass is 9.95. The van der Waals surface area contributed by atoms with Gasteiger partial charge in [0.15, 0.2) is 0 Å². The Labute approximate surface area is 130 Å². The fourth-order valence-electron chi connectivity index (χ4n) is 3.39. The summed E-state index contributed by atoms with van der Waals surface area (Å²) in [5, 5.41) is 3.38. The maximum absolute atomic E-state index is 5.34. The molecule has 1 aliphatic carbocycles. The van der Waals surface area contributed by atoms with Gasteiger partial charge in [-0.1, -0.05) is 19.3 Å². The van der Waals surface area contributed by atoms with Crippen LogP contribution in [-0.2, 0) is 6.54 Å². The summed E-state index contributed by atoms with van der Waals surface area (Å²) in [6.45, 7) is 0.696. The van der Waals surface area contributed by atoms with Crippen molar-refractivity contribution in [2.24, 2.45) is 0 Å². The summed E-state index contributed by atoms with van der Waals surface area (Å²) in [7, 11) is 0. The van der Waals surface area contributed by atoms with Crippen LogP contribution in [-0.4, -0.2) is 9.55 Å². The molecule has 0 amide bonds. The Kier molecular flexibility index (Phi) is 3.59. The highest BCUT2D eigenvalue weighted by atomic mass is 16.3. The minimum Gasteiger partial charge on any atom is -0.467 e. The summed E-state index contributed by atoms with van der Waals surface area (Å²) < 4.78 is 7.71. The number of aromatic nitrogens is 2. The van der Waals surface area contributed by atoms with E-state index in [1.165, 1.54) is 37.6 Å². The van der Waals surface area contributed by atoms with Gasteiger partial charge in [-0.05, 0) is 43.2 Å². The molecule has 4 nitrogen and oxygen atoms in total. The van der Waals surface area contributed by atoms with Crippen molar-refractivity contribution in [3.05, 3.63) is 48.7 Å². The zero-order chi connectivity index (χ0) is 14.8. The van der Waals surface area contributed by atoms with E-state index in [2.05, 4.69) is 33.1 Å². The van der Waals surface area contributed by atoms with Crippen molar-refractivity contribution in [3.8, 4) is 0 Å². The molecular weight excluding hydrogens is 274 g/mol. The van der Waals surface area contributed by atoms with E-state index in [0.29, 0.717) is 12.6 Å². The van der Waals surface area contributed by atoms with Crippen LogP contribution < -0.4 is 5.32 Å². The van der Waals surface area contributed by atoms with Crippen molar-refractivity contribution in [1.29, 1.82) is 0 Å². The second kappa shape index (κ2) is 5.87. The molecule has 4 heteroatoms. The highest BCUT2D eigenvalue weighted by Gasteiger charge is 2.17. The smallest absolute Gasteiger partial charge is 0.122 e. The molecule has 114 valence electrons. The Balaban J connectivity index is 1.54. The average molecular weight is 295 g/mol. The molecule has 2 heterocycles. The Bertz CT molecular complexity index is 739. The molecule has 1 N–H and O–H groups in total. The van der Waals surface area contributed by atoms with Gasteiger partial charge in [-0.25, -0.2) is 4.98 Å². The van der Waals surface area contributed by atoms with Gasteiger partial charge < -0.3 is 14.3 Å². The Morgan fingerprint density at radius 3 is 2.91 bits per heavy atom. The number of fused-ring (bicyclic) bond motifs is 1. The standard InChI is InChI=1S/C18H21N3O/c1-2-5-15(6-3-1)21-13-20-17-11-14(8-9-18(17)21)19-12-16-7-4-10-22-16/h4,7-11,13,15,19H,1-3,5-6,12H2. The SMILES string of the molecule is c1coc(CNc2ccc3c(c2)ncn3C2CCCCC2)c1. The first-order chi connectivity index (χ1) is 10.9. The van der Waals surface area contributed by atoms with E-state index in [-0.39, 0.29) is 0 Å². The van der Waals surface area contributed by atoms with Crippen LogP contribution in [0.15, 0.2) is 47.3 Å². The zero-order valence-corrected chi connectivity index (χ0v) is 12.7. The van der Waals surface area contributed by atoms with Crippen LogP contribution in [0.5, 0.6) is 0 Å². The molecule has 0 unspecified atom stereocenters. The number of hydrogen-bond donors (Lipinski definition) is 1. The maximum atomic E-state index is 5.34. The predicted octanol–water partition coefficient (Wildman–Crippen LogP) is 4.75. The Morgan fingerprint density at radius 1 is 1.18 bits per heavy atom. The number of hydrogen-bond acceptors (Lipinski definition) is 3. The molecule has 1 fully saturated rings. The zero-order valence-electron chi connectivity index (χ0n) is 12.7. The molecule has 0 aliphatic heterocycles. The summed E-state index contributed by atoms with van der Waals surface area (Å²) in [4.78, 5) is 4.60. The van der Waals surface area contributed by atoms with Crippen molar-refractivity contribution < 1.29 is 4.42 Å². The van der Waals surface area contributed by atoms with E-state index >= 15 is 0 Å².